The number of hydrogen-bond donors (Lipinski definition) is 0. The lowest BCUT2D eigenvalue weighted by atomic mass is 9.89. The molecule has 2 saturated carbocycles. The first-order valence-electron chi connectivity index (χ1n) is 22.7. The Balaban J connectivity index is 1.27. The van der Waals surface area contributed by atoms with Crippen LogP contribution in [0.4, 0.5) is 11.4 Å². The monoisotopic (exact) mass is 803 g/mol. The van der Waals surface area contributed by atoms with E-state index in [1.165, 1.54) is 55.2 Å². The van der Waals surface area contributed by atoms with Crippen LogP contribution in [0, 0.1) is 37.5 Å². The fourth-order valence-electron chi connectivity index (χ4n) is 13.3. The quantitative estimate of drug-likeness (QED) is 0.148. The summed E-state index contributed by atoms with van der Waals surface area (Å²) in [4.78, 5) is 5.97. The molecule has 0 N–H and O–H groups in total. The van der Waals surface area contributed by atoms with Gasteiger partial charge in [0.1, 0.15) is 0 Å². The molecule has 0 spiro atoms. The second-order valence-electron chi connectivity index (χ2n) is 21.9. The van der Waals surface area contributed by atoms with Crippen molar-refractivity contribution in [1.29, 1.82) is 0 Å². The van der Waals surface area contributed by atoms with Gasteiger partial charge in [0.15, 0.2) is 0 Å². The predicted octanol–water partition coefficient (Wildman–Crippen LogP) is 12.4. The molecule has 8 rings (SSSR count). The number of hydrogen-bond acceptors (Lipinski definition) is 3. The maximum atomic E-state index is 6.20. The molecule has 0 bridgehead atoms. The van der Waals surface area contributed by atoms with Gasteiger partial charge in [-0.3, -0.25) is 0 Å². The molecule has 2 aromatic rings. The van der Waals surface area contributed by atoms with Gasteiger partial charge >= 0.3 is 0 Å². The highest BCUT2D eigenvalue weighted by Gasteiger charge is 2.68. The minimum absolute atomic E-state index is 0.0539. The number of allylic oxidation sites excluding steroid dienone is 6. The Labute approximate surface area is 345 Å². The number of rotatable bonds is 13. The molecule has 302 valence electrons. The summed E-state index contributed by atoms with van der Waals surface area (Å²) in [5.74, 6) is 3.61. The van der Waals surface area contributed by atoms with Crippen LogP contribution in [0.3, 0.4) is 0 Å². The number of benzene rings is 2. The molecule has 0 radical (unpaired) electrons. The van der Waals surface area contributed by atoms with E-state index in [9.17, 15) is 0 Å². The third-order valence-electron chi connectivity index (χ3n) is 14.9. The van der Waals surface area contributed by atoms with E-state index >= 15 is 0 Å². The number of nitrogens with zero attached hydrogens (tertiary/aromatic N) is 2. The lowest BCUT2D eigenvalue weighted by Gasteiger charge is -2.48. The molecule has 11 atom stereocenters. The molecule has 2 aliphatic heterocycles. The van der Waals surface area contributed by atoms with Crippen molar-refractivity contribution in [3.8, 4) is 0 Å². The van der Waals surface area contributed by atoms with E-state index in [4.69, 9.17) is 4.74 Å². The Bertz CT molecular complexity index is 1880. The largest absolute Gasteiger partial charge is 0.376 e. The van der Waals surface area contributed by atoms with E-state index in [2.05, 4.69) is 169 Å². The highest BCUT2D eigenvalue weighted by Crippen LogP contribution is 2.72. The summed E-state index contributed by atoms with van der Waals surface area (Å²) in [5.41, 5.74) is 10.8. The van der Waals surface area contributed by atoms with E-state index < -0.39 is 24.9 Å². The van der Waals surface area contributed by atoms with Crippen molar-refractivity contribution in [1.82, 2.24) is 0 Å². The molecular formula is C50H74N2OSi3. The lowest BCUT2D eigenvalue weighted by Crippen LogP contribution is -2.49. The average molecular weight is 803 g/mol. The zero-order valence-corrected chi connectivity index (χ0v) is 40.0. The van der Waals surface area contributed by atoms with Gasteiger partial charge in [0.2, 0.25) is 0 Å². The smallest absolute Gasteiger partial charge is 0.0665 e. The molecule has 0 amide bonds. The Morgan fingerprint density at radius 3 is 1.62 bits per heavy atom. The third-order valence-corrected chi connectivity index (χ3v) is 23.2. The van der Waals surface area contributed by atoms with Crippen LogP contribution in [0.1, 0.15) is 80.5 Å². The van der Waals surface area contributed by atoms with Crippen molar-refractivity contribution < 1.29 is 4.74 Å². The summed E-state index contributed by atoms with van der Waals surface area (Å²) in [5, 5.41) is 0. The molecule has 2 fully saturated rings. The molecule has 2 heterocycles. The predicted molar refractivity (Wildman–Crippen MR) is 251 cm³/mol. The van der Waals surface area contributed by atoms with Crippen LogP contribution in [0.15, 0.2) is 85.0 Å². The fraction of sp³-hybridized carbons (Fsp3) is 0.600. The number of fused-ring (bicyclic) bond motifs is 10. The third kappa shape index (κ3) is 7.30. The maximum Gasteiger partial charge on any atom is 0.0665 e. The van der Waals surface area contributed by atoms with Crippen LogP contribution in [0.5, 0.6) is 0 Å². The van der Waals surface area contributed by atoms with Gasteiger partial charge in [0.05, 0.1) is 30.5 Å². The topological polar surface area (TPSA) is 15.7 Å². The van der Waals surface area contributed by atoms with E-state index in [0.717, 1.165) is 6.61 Å². The molecule has 56 heavy (non-hydrogen) atoms. The van der Waals surface area contributed by atoms with Crippen LogP contribution in [-0.4, -0.2) is 61.6 Å². The number of aryl methyl sites for hydroxylation is 2. The maximum absolute atomic E-state index is 6.20. The summed E-state index contributed by atoms with van der Waals surface area (Å²) in [7, 11) is -4.40. The first-order chi connectivity index (χ1) is 26.6. The van der Waals surface area contributed by atoms with Crippen molar-refractivity contribution in [3.63, 3.8) is 0 Å². The zero-order chi connectivity index (χ0) is 39.7. The van der Waals surface area contributed by atoms with Crippen LogP contribution < -0.4 is 9.80 Å². The standard InChI is InChI=1S/C50H74N2OSi3/c1-34-24-26-42-40(30-34)44-46(51(42)32-54(6)7)36-20-14-16-22-38(36)48(44)56(11,29-19-13-12-18-28-53-50(3,4)5)49-39-23-17-15-21-37(39)47-45(49)41-31-35(2)25-27-43(41)52(47)33-55(8,9)10/h14-17,20-27,30-31,36-39,44-49,54H,12-13,18-19,28-29,32-33H2,1-11H3. The van der Waals surface area contributed by atoms with Crippen molar-refractivity contribution in [2.24, 2.45) is 23.7 Å². The van der Waals surface area contributed by atoms with Crippen molar-refractivity contribution in [3.05, 3.63) is 107 Å². The molecule has 0 saturated heterocycles. The van der Waals surface area contributed by atoms with Gasteiger partial charge in [-0.15, -0.1) is 0 Å². The van der Waals surface area contributed by atoms with Crippen LogP contribution in [0.2, 0.25) is 56.4 Å². The molecule has 0 aromatic heterocycles. The summed E-state index contributed by atoms with van der Waals surface area (Å²) < 4.78 is 6.20. The van der Waals surface area contributed by atoms with Gasteiger partial charge in [-0.2, -0.15) is 0 Å². The van der Waals surface area contributed by atoms with Crippen LogP contribution in [-0.2, 0) is 4.74 Å². The molecule has 4 aliphatic carbocycles. The van der Waals surface area contributed by atoms with Gasteiger partial charge < -0.3 is 14.5 Å². The van der Waals surface area contributed by atoms with Gasteiger partial charge in [0, 0.05) is 66.1 Å². The number of anilines is 2. The highest BCUT2D eigenvalue weighted by molar-refractivity contribution is 6.82. The van der Waals surface area contributed by atoms with Gasteiger partial charge in [-0.1, -0.05) is 149 Å². The molecular weight excluding hydrogens is 729 g/mol. The summed E-state index contributed by atoms with van der Waals surface area (Å²) in [6, 6.07) is 17.8. The lowest BCUT2D eigenvalue weighted by molar-refractivity contribution is -0.00471. The van der Waals surface area contributed by atoms with Gasteiger partial charge in [0.25, 0.3) is 0 Å². The Kier molecular flexibility index (Phi) is 11.1. The minimum atomic E-state index is -2.13. The van der Waals surface area contributed by atoms with Gasteiger partial charge in [-0.25, -0.2) is 0 Å². The normalized spacial score (nSPS) is 32.1. The average Bonchev–Trinajstić information content (AvgIpc) is 3.82. The summed E-state index contributed by atoms with van der Waals surface area (Å²) in [6.45, 7) is 28.1. The molecule has 2 aromatic carbocycles. The second-order valence-corrected chi connectivity index (χ2v) is 35.4. The number of ether oxygens (including phenoxy) is 1. The van der Waals surface area contributed by atoms with Gasteiger partial charge in [-0.05, 0) is 87.2 Å². The fourth-order valence-corrected chi connectivity index (χ4v) is 22.8. The first kappa shape index (κ1) is 40.4. The molecule has 6 aliphatic rings. The van der Waals surface area contributed by atoms with E-state index in [-0.39, 0.29) is 5.60 Å². The zero-order valence-electron chi connectivity index (χ0n) is 36.9. The second kappa shape index (κ2) is 15.3. The van der Waals surface area contributed by atoms with Crippen molar-refractivity contribution in [2.75, 3.05) is 28.7 Å². The number of unbranched alkanes of at least 4 members (excludes halogenated alkanes) is 3. The first-order valence-corrected chi connectivity index (χ1v) is 32.4. The van der Waals surface area contributed by atoms with Crippen LogP contribution in [0.25, 0.3) is 0 Å². The summed E-state index contributed by atoms with van der Waals surface area (Å²) in [6.07, 6.45) is 28.2. The van der Waals surface area contributed by atoms with E-state index in [0.29, 0.717) is 58.7 Å². The Hall–Kier alpha value is -2.39. The molecule has 3 nitrogen and oxygen atoms in total. The molecule has 6 heteroatoms. The summed E-state index contributed by atoms with van der Waals surface area (Å²) >= 11 is 0. The molecule has 11 unspecified atom stereocenters. The van der Waals surface area contributed by atoms with Crippen LogP contribution >= 0.6 is 0 Å². The van der Waals surface area contributed by atoms with Crippen molar-refractivity contribution in [2.45, 2.75) is 146 Å². The Morgan fingerprint density at radius 2 is 1.12 bits per heavy atom. The minimum Gasteiger partial charge on any atom is -0.376 e. The highest BCUT2D eigenvalue weighted by atomic mass is 28.3. The van der Waals surface area contributed by atoms with Crippen molar-refractivity contribution >= 4 is 36.3 Å². The van der Waals surface area contributed by atoms with E-state index in [1.54, 1.807) is 22.5 Å². The Morgan fingerprint density at radius 1 is 0.643 bits per heavy atom. The SMILES string of the molecule is Cc1ccc2c(c1)C1C(C3C=CC=CC3C1[Si](C)(CCCCCCOC(C)(C)C)C1C3C=CC=CC3C3C1c1cc(C)ccc1N3C[Si](C)(C)C)N2C[SiH](C)C. The van der Waals surface area contributed by atoms with E-state index in [1.807, 2.05) is 0 Å².